The Kier molecular flexibility index (Phi) is 5.90. The number of para-hydroxylation sites is 2. The lowest BCUT2D eigenvalue weighted by molar-refractivity contribution is 0.303. The third-order valence-electron chi connectivity index (χ3n) is 6.81. The molecule has 3 heterocycles. The molecule has 2 aromatic heterocycles. The van der Waals surface area contributed by atoms with E-state index in [9.17, 15) is 9.18 Å². The Morgan fingerprint density at radius 3 is 2.76 bits per heavy atom. The van der Waals surface area contributed by atoms with E-state index in [2.05, 4.69) is 32.2 Å². The van der Waals surface area contributed by atoms with Gasteiger partial charge in [0.25, 0.3) is 0 Å². The molecule has 38 heavy (non-hydrogen) atoms. The van der Waals surface area contributed by atoms with E-state index in [-0.39, 0.29) is 23.7 Å². The minimum atomic E-state index is -0.772. The summed E-state index contributed by atoms with van der Waals surface area (Å²) in [6.07, 6.45) is 1.82. The maximum absolute atomic E-state index is 15.3. The molecule has 0 atom stereocenters. The molecule has 5 aromatic rings. The van der Waals surface area contributed by atoms with Crippen LogP contribution in [0.15, 0.2) is 63.9 Å². The number of aromatic nitrogens is 4. The molecule has 9 heteroatoms. The number of aryl methyl sites for hydroxylation is 1. The Bertz CT molecular complexity index is 1780. The quantitative estimate of drug-likeness (QED) is 0.317. The normalized spacial score (nSPS) is 14.1. The summed E-state index contributed by atoms with van der Waals surface area (Å²) in [4.78, 5) is 19.0. The summed E-state index contributed by atoms with van der Waals surface area (Å²) in [7, 11) is 0. The highest BCUT2D eigenvalue weighted by molar-refractivity contribution is 5.99. The summed E-state index contributed by atoms with van der Waals surface area (Å²) in [5, 5.41) is 3.79. The molecule has 0 amide bonds. The van der Waals surface area contributed by atoms with Gasteiger partial charge in [0.15, 0.2) is 5.82 Å². The number of nitrogens with zero attached hydrogens (tertiary/aromatic N) is 3. The number of hydrogen-bond acceptors (Lipinski definition) is 5. The SMILES string of the molecule is CCCc1nc2ccccc2n1Cc1ccc2c(c1)COc1cc(F)cc(F)c1/C2=C(/C)c1noc(=O)[nH]1. The van der Waals surface area contributed by atoms with Gasteiger partial charge in [-0.1, -0.05) is 36.3 Å². The Balaban J connectivity index is 1.50. The van der Waals surface area contributed by atoms with Crippen molar-refractivity contribution < 1.29 is 18.0 Å². The molecule has 6 rings (SSSR count). The van der Waals surface area contributed by atoms with Crippen LogP contribution in [0.3, 0.4) is 0 Å². The summed E-state index contributed by atoms with van der Waals surface area (Å²) in [5.74, 6) is -0.995. The number of imidazole rings is 1. The van der Waals surface area contributed by atoms with Gasteiger partial charge in [-0.15, -0.1) is 0 Å². The maximum atomic E-state index is 15.3. The average Bonchev–Trinajstić information content (AvgIpc) is 3.43. The van der Waals surface area contributed by atoms with Gasteiger partial charge in [-0.05, 0) is 48.2 Å². The van der Waals surface area contributed by atoms with Gasteiger partial charge >= 0.3 is 5.76 Å². The standard InChI is InChI=1S/C29H24F2N4O3/c1-3-6-25-32-22-7-4-5-8-23(22)35(25)14-17-9-10-20-18(11-17)15-37-24-13-19(30)12-21(31)27(24)26(20)16(2)28-33-29(36)38-34-28/h4-5,7-13H,3,6,14-15H2,1-2H3,(H,33,34,36)/b26-16-. The number of aromatic amines is 1. The van der Waals surface area contributed by atoms with Crippen LogP contribution in [0.4, 0.5) is 8.78 Å². The molecule has 1 aliphatic heterocycles. The van der Waals surface area contributed by atoms with Crippen molar-refractivity contribution in [3.63, 3.8) is 0 Å². The van der Waals surface area contributed by atoms with Crippen molar-refractivity contribution in [1.82, 2.24) is 19.7 Å². The van der Waals surface area contributed by atoms with Gasteiger partial charge in [-0.3, -0.25) is 9.51 Å². The molecule has 7 nitrogen and oxygen atoms in total. The van der Waals surface area contributed by atoms with Crippen molar-refractivity contribution >= 4 is 22.2 Å². The number of benzene rings is 3. The number of allylic oxidation sites excluding steroid dienone is 1. The molecule has 0 aliphatic carbocycles. The van der Waals surface area contributed by atoms with Gasteiger partial charge in [-0.2, -0.15) is 0 Å². The van der Waals surface area contributed by atoms with E-state index in [0.717, 1.165) is 46.9 Å². The third kappa shape index (κ3) is 4.09. The van der Waals surface area contributed by atoms with Crippen LogP contribution in [-0.4, -0.2) is 19.7 Å². The van der Waals surface area contributed by atoms with Crippen LogP contribution in [0, 0.1) is 11.6 Å². The second kappa shape index (κ2) is 9.41. The van der Waals surface area contributed by atoms with E-state index in [4.69, 9.17) is 9.72 Å². The monoisotopic (exact) mass is 514 g/mol. The fourth-order valence-corrected chi connectivity index (χ4v) is 5.10. The first-order chi connectivity index (χ1) is 18.4. The first kappa shape index (κ1) is 23.8. The first-order valence-corrected chi connectivity index (χ1v) is 12.4. The number of halogens is 2. The fourth-order valence-electron chi connectivity index (χ4n) is 5.10. The Morgan fingerprint density at radius 2 is 1.97 bits per heavy atom. The second-order valence-corrected chi connectivity index (χ2v) is 9.34. The Hall–Kier alpha value is -4.53. The smallest absolute Gasteiger partial charge is 0.439 e. The lowest BCUT2D eigenvalue weighted by Crippen LogP contribution is -2.07. The minimum absolute atomic E-state index is 0.0753. The molecule has 0 bridgehead atoms. The van der Waals surface area contributed by atoms with Crippen molar-refractivity contribution in [2.24, 2.45) is 0 Å². The summed E-state index contributed by atoms with van der Waals surface area (Å²) in [6.45, 7) is 4.53. The molecule has 1 aliphatic rings. The zero-order valence-corrected chi connectivity index (χ0v) is 20.8. The molecular weight excluding hydrogens is 490 g/mol. The lowest BCUT2D eigenvalue weighted by Gasteiger charge is -2.15. The van der Waals surface area contributed by atoms with Gasteiger partial charge in [-0.25, -0.2) is 18.6 Å². The van der Waals surface area contributed by atoms with Gasteiger partial charge < -0.3 is 9.30 Å². The highest BCUT2D eigenvalue weighted by atomic mass is 19.1. The number of rotatable bonds is 5. The van der Waals surface area contributed by atoms with Gasteiger partial charge in [0.1, 0.15) is 29.8 Å². The fraction of sp³-hybridized carbons (Fsp3) is 0.207. The molecule has 1 N–H and O–H groups in total. The number of ether oxygens (including phenoxy) is 1. The molecule has 0 unspecified atom stereocenters. The molecule has 0 fully saturated rings. The molecule has 0 saturated carbocycles. The largest absolute Gasteiger partial charge is 0.488 e. The summed E-state index contributed by atoms with van der Waals surface area (Å²) in [5.41, 5.74) is 5.52. The number of fused-ring (bicyclic) bond motifs is 3. The van der Waals surface area contributed by atoms with Crippen molar-refractivity contribution in [2.45, 2.75) is 39.8 Å². The second-order valence-electron chi connectivity index (χ2n) is 9.34. The molecule has 3 aromatic carbocycles. The van der Waals surface area contributed by atoms with E-state index in [1.807, 2.05) is 36.4 Å². The van der Waals surface area contributed by atoms with Gasteiger partial charge in [0, 0.05) is 36.2 Å². The maximum Gasteiger partial charge on any atom is 0.439 e. The zero-order chi connectivity index (χ0) is 26.4. The molecule has 0 saturated heterocycles. The Morgan fingerprint density at radius 1 is 1.13 bits per heavy atom. The van der Waals surface area contributed by atoms with Crippen LogP contribution in [0.1, 0.15) is 54.2 Å². The third-order valence-corrected chi connectivity index (χ3v) is 6.81. The first-order valence-electron chi connectivity index (χ1n) is 12.4. The van der Waals surface area contributed by atoms with Crippen molar-refractivity contribution in [3.05, 3.63) is 111 Å². The van der Waals surface area contributed by atoms with Crippen LogP contribution in [0.25, 0.3) is 22.2 Å². The predicted molar refractivity (Wildman–Crippen MR) is 139 cm³/mol. The summed E-state index contributed by atoms with van der Waals surface area (Å²) in [6, 6.07) is 15.9. The van der Waals surface area contributed by atoms with E-state index >= 15 is 4.39 Å². The number of H-pyrrole nitrogens is 1. The van der Waals surface area contributed by atoms with Gasteiger partial charge in [0.05, 0.1) is 16.6 Å². The van der Waals surface area contributed by atoms with Crippen LogP contribution >= 0.6 is 0 Å². The van der Waals surface area contributed by atoms with E-state index in [1.54, 1.807) is 6.92 Å². The van der Waals surface area contributed by atoms with Crippen molar-refractivity contribution in [3.8, 4) is 5.75 Å². The van der Waals surface area contributed by atoms with Crippen LogP contribution in [0.2, 0.25) is 0 Å². The van der Waals surface area contributed by atoms with Gasteiger partial charge in [0.2, 0.25) is 0 Å². The highest BCUT2D eigenvalue weighted by Gasteiger charge is 2.27. The topological polar surface area (TPSA) is 85.9 Å². The lowest BCUT2D eigenvalue weighted by atomic mass is 9.89. The van der Waals surface area contributed by atoms with Crippen molar-refractivity contribution in [1.29, 1.82) is 0 Å². The predicted octanol–water partition coefficient (Wildman–Crippen LogP) is 5.86. The van der Waals surface area contributed by atoms with E-state index < -0.39 is 17.4 Å². The summed E-state index contributed by atoms with van der Waals surface area (Å²) >= 11 is 0. The minimum Gasteiger partial charge on any atom is -0.488 e. The van der Waals surface area contributed by atoms with Crippen molar-refractivity contribution in [2.75, 3.05) is 0 Å². The average molecular weight is 515 g/mol. The molecule has 192 valence electrons. The molecule has 0 spiro atoms. The molecular formula is C29H24F2N4O3. The Labute approximate surface area is 216 Å². The summed E-state index contributed by atoms with van der Waals surface area (Å²) < 4.78 is 42.2. The van der Waals surface area contributed by atoms with Crippen LogP contribution < -0.4 is 10.5 Å². The highest BCUT2D eigenvalue weighted by Crippen LogP contribution is 2.42. The van der Waals surface area contributed by atoms with Crippen LogP contribution in [-0.2, 0) is 19.6 Å². The van der Waals surface area contributed by atoms with E-state index in [0.29, 0.717) is 23.3 Å². The number of nitrogens with one attached hydrogen (secondary N) is 1. The molecule has 0 radical (unpaired) electrons. The van der Waals surface area contributed by atoms with E-state index in [1.165, 1.54) is 6.07 Å². The number of hydrogen-bond donors (Lipinski definition) is 1. The van der Waals surface area contributed by atoms with Crippen LogP contribution in [0.5, 0.6) is 5.75 Å². The zero-order valence-electron chi connectivity index (χ0n) is 20.8.